The third-order valence-electron chi connectivity index (χ3n) is 3.68. The topological polar surface area (TPSA) is 81.5 Å². The normalized spacial score (nSPS) is 24.7. The standard InChI is InChI=1S/C14H16N2O4/c1-3-11-12(16(18)19)9-15-14(11,13(17)20-2)10-7-5-4-6-8-10/h4-9,11,15H,3H2,1-2H3/t11-,14-/m0/s1. The Morgan fingerprint density at radius 3 is 2.60 bits per heavy atom. The van der Waals surface area contributed by atoms with E-state index in [1.165, 1.54) is 13.3 Å². The van der Waals surface area contributed by atoms with Crippen LogP contribution in [0.2, 0.25) is 0 Å². The van der Waals surface area contributed by atoms with Gasteiger partial charge in [0, 0.05) is 0 Å². The van der Waals surface area contributed by atoms with E-state index in [9.17, 15) is 14.9 Å². The van der Waals surface area contributed by atoms with Crippen molar-refractivity contribution < 1.29 is 14.5 Å². The Kier molecular flexibility index (Phi) is 3.74. The summed E-state index contributed by atoms with van der Waals surface area (Å²) in [5.74, 6) is -1.10. The van der Waals surface area contributed by atoms with Gasteiger partial charge in [0.2, 0.25) is 0 Å². The van der Waals surface area contributed by atoms with Crippen molar-refractivity contribution in [1.82, 2.24) is 5.32 Å². The van der Waals surface area contributed by atoms with Crippen LogP contribution in [0.15, 0.2) is 42.2 Å². The van der Waals surface area contributed by atoms with E-state index < -0.39 is 22.3 Å². The van der Waals surface area contributed by atoms with Gasteiger partial charge in [-0.25, -0.2) is 4.79 Å². The molecule has 106 valence electrons. The summed E-state index contributed by atoms with van der Waals surface area (Å²) in [5.41, 5.74) is -0.568. The maximum Gasteiger partial charge on any atom is 0.337 e. The van der Waals surface area contributed by atoms with Crippen molar-refractivity contribution >= 4 is 5.97 Å². The molecule has 1 heterocycles. The average molecular weight is 276 g/mol. The van der Waals surface area contributed by atoms with Crippen LogP contribution in [0.25, 0.3) is 0 Å². The van der Waals surface area contributed by atoms with Gasteiger partial charge in [-0.2, -0.15) is 0 Å². The molecular formula is C14H16N2O4. The monoisotopic (exact) mass is 276 g/mol. The molecule has 1 aromatic carbocycles. The van der Waals surface area contributed by atoms with Gasteiger partial charge in [0.15, 0.2) is 5.54 Å². The van der Waals surface area contributed by atoms with Gasteiger partial charge in [-0.15, -0.1) is 0 Å². The molecule has 1 aliphatic rings. The summed E-state index contributed by atoms with van der Waals surface area (Å²) in [7, 11) is 1.28. The molecule has 2 rings (SSSR count). The predicted octanol–water partition coefficient (Wildman–Crippen LogP) is 1.80. The molecule has 0 unspecified atom stereocenters. The molecule has 1 aromatic rings. The zero-order valence-electron chi connectivity index (χ0n) is 11.3. The van der Waals surface area contributed by atoms with E-state index in [-0.39, 0.29) is 5.70 Å². The third-order valence-corrected chi connectivity index (χ3v) is 3.68. The Hall–Kier alpha value is -2.37. The molecule has 0 radical (unpaired) electrons. The van der Waals surface area contributed by atoms with E-state index in [2.05, 4.69) is 5.32 Å². The van der Waals surface area contributed by atoms with Gasteiger partial charge in [0.05, 0.1) is 24.2 Å². The zero-order valence-corrected chi connectivity index (χ0v) is 11.3. The van der Waals surface area contributed by atoms with E-state index in [0.717, 1.165) is 0 Å². The van der Waals surface area contributed by atoms with Crippen LogP contribution in [0.4, 0.5) is 0 Å². The second-order valence-corrected chi connectivity index (χ2v) is 4.60. The lowest BCUT2D eigenvalue weighted by molar-refractivity contribution is -0.433. The fraction of sp³-hybridized carbons (Fsp3) is 0.357. The summed E-state index contributed by atoms with van der Waals surface area (Å²) in [4.78, 5) is 23.0. The minimum atomic E-state index is -1.23. The van der Waals surface area contributed by atoms with Gasteiger partial charge in [0.1, 0.15) is 0 Å². The van der Waals surface area contributed by atoms with Crippen LogP contribution in [0.3, 0.4) is 0 Å². The predicted molar refractivity (Wildman–Crippen MR) is 72.1 cm³/mol. The van der Waals surface area contributed by atoms with Crippen molar-refractivity contribution in [3.05, 3.63) is 57.9 Å². The summed E-state index contributed by atoms with van der Waals surface area (Å²) in [6.07, 6.45) is 1.75. The highest BCUT2D eigenvalue weighted by Gasteiger charge is 2.56. The van der Waals surface area contributed by atoms with Crippen LogP contribution < -0.4 is 5.32 Å². The van der Waals surface area contributed by atoms with Crippen LogP contribution in [-0.2, 0) is 15.1 Å². The summed E-state index contributed by atoms with van der Waals surface area (Å²) in [6, 6.07) is 8.94. The SMILES string of the molecule is CC[C@H]1C([N+](=O)[O-])=CN[C@@]1(C(=O)OC)c1ccccc1. The van der Waals surface area contributed by atoms with Gasteiger partial charge >= 0.3 is 5.97 Å². The Bertz CT molecular complexity index is 556. The Balaban J connectivity index is 2.56. The Morgan fingerprint density at radius 1 is 1.45 bits per heavy atom. The molecule has 20 heavy (non-hydrogen) atoms. The quantitative estimate of drug-likeness (QED) is 0.515. The first-order valence-corrected chi connectivity index (χ1v) is 6.34. The van der Waals surface area contributed by atoms with E-state index >= 15 is 0 Å². The maximum atomic E-state index is 12.3. The fourth-order valence-corrected chi connectivity index (χ4v) is 2.77. The van der Waals surface area contributed by atoms with Gasteiger partial charge < -0.3 is 10.1 Å². The van der Waals surface area contributed by atoms with E-state index in [0.29, 0.717) is 12.0 Å². The van der Waals surface area contributed by atoms with Gasteiger partial charge in [-0.3, -0.25) is 10.1 Å². The molecule has 1 N–H and O–H groups in total. The molecule has 0 spiro atoms. The molecule has 6 nitrogen and oxygen atoms in total. The molecule has 0 saturated heterocycles. The first kappa shape index (κ1) is 14.0. The second-order valence-electron chi connectivity index (χ2n) is 4.60. The largest absolute Gasteiger partial charge is 0.467 e. The molecular weight excluding hydrogens is 260 g/mol. The fourth-order valence-electron chi connectivity index (χ4n) is 2.77. The van der Waals surface area contributed by atoms with Crippen LogP contribution >= 0.6 is 0 Å². The average Bonchev–Trinajstić information content (AvgIpc) is 2.87. The number of benzene rings is 1. The Labute approximate surface area is 116 Å². The van der Waals surface area contributed by atoms with Crippen molar-refractivity contribution in [1.29, 1.82) is 0 Å². The molecule has 2 atom stereocenters. The van der Waals surface area contributed by atoms with E-state index in [1.807, 2.05) is 13.0 Å². The minimum Gasteiger partial charge on any atom is -0.467 e. The van der Waals surface area contributed by atoms with Crippen molar-refractivity contribution in [2.24, 2.45) is 5.92 Å². The number of hydrogen-bond acceptors (Lipinski definition) is 5. The first-order chi connectivity index (χ1) is 9.57. The number of nitrogens with zero attached hydrogens (tertiary/aromatic N) is 1. The number of carbonyl (C=O) groups excluding carboxylic acids is 1. The first-order valence-electron chi connectivity index (χ1n) is 6.34. The smallest absolute Gasteiger partial charge is 0.337 e. The summed E-state index contributed by atoms with van der Waals surface area (Å²) in [5, 5.41) is 14.0. The van der Waals surface area contributed by atoms with Crippen LogP contribution in [0.5, 0.6) is 0 Å². The van der Waals surface area contributed by atoms with Crippen molar-refractivity contribution in [2.75, 3.05) is 7.11 Å². The zero-order chi connectivity index (χ0) is 14.8. The van der Waals surface area contributed by atoms with Gasteiger partial charge in [-0.05, 0) is 12.0 Å². The number of methoxy groups -OCH3 is 1. The van der Waals surface area contributed by atoms with E-state index in [4.69, 9.17) is 4.74 Å². The maximum absolute atomic E-state index is 12.3. The number of nitro groups is 1. The molecule has 0 amide bonds. The lowest BCUT2D eigenvalue weighted by atomic mass is 9.77. The molecule has 0 bridgehead atoms. The summed E-state index contributed by atoms with van der Waals surface area (Å²) >= 11 is 0. The number of ether oxygens (including phenoxy) is 1. The van der Waals surface area contributed by atoms with Crippen LogP contribution in [0.1, 0.15) is 18.9 Å². The van der Waals surface area contributed by atoms with Crippen LogP contribution in [0, 0.1) is 16.0 Å². The highest BCUT2D eigenvalue weighted by atomic mass is 16.6. The number of carbonyl (C=O) groups is 1. The van der Waals surface area contributed by atoms with Crippen LogP contribution in [-0.4, -0.2) is 18.0 Å². The number of nitrogens with one attached hydrogen (secondary N) is 1. The second kappa shape index (κ2) is 5.32. The molecule has 0 aromatic heterocycles. The van der Waals surface area contributed by atoms with Crippen molar-refractivity contribution in [3.8, 4) is 0 Å². The lowest BCUT2D eigenvalue weighted by Crippen LogP contribution is -2.50. The minimum absolute atomic E-state index is 0.00162. The van der Waals surface area contributed by atoms with E-state index in [1.54, 1.807) is 24.3 Å². The third kappa shape index (κ3) is 1.93. The molecule has 0 fully saturated rings. The number of rotatable bonds is 4. The molecule has 0 aliphatic carbocycles. The summed E-state index contributed by atoms with van der Waals surface area (Å²) < 4.78 is 4.89. The number of esters is 1. The Morgan fingerprint density at radius 2 is 2.10 bits per heavy atom. The molecule has 1 aliphatic heterocycles. The highest BCUT2D eigenvalue weighted by Crippen LogP contribution is 2.41. The molecule has 0 saturated carbocycles. The van der Waals surface area contributed by atoms with Crippen molar-refractivity contribution in [2.45, 2.75) is 18.9 Å². The van der Waals surface area contributed by atoms with Gasteiger partial charge in [-0.1, -0.05) is 37.3 Å². The van der Waals surface area contributed by atoms with Crippen molar-refractivity contribution in [3.63, 3.8) is 0 Å². The molecule has 6 heteroatoms. The lowest BCUT2D eigenvalue weighted by Gasteiger charge is -2.32. The number of hydrogen-bond donors (Lipinski definition) is 1. The highest BCUT2D eigenvalue weighted by molar-refractivity contribution is 5.84. The summed E-state index contributed by atoms with van der Waals surface area (Å²) in [6.45, 7) is 1.82. The van der Waals surface area contributed by atoms with Gasteiger partial charge in [0.25, 0.3) is 5.70 Å².